The van der Waals surface area contributed by atoms with Crippen LogP contribution in [0.1, 0.15) is 168 Å². The first-order valence-corrected chi connectivity index (χ1v) is 45.6. The third kappa shape index (κ3) is 20.4. The Kier molecular flexibility index (Phi) is 31.6. The molecular weight excluding hydrogens is 1800 g/mol. The molecule has 55 nitrogen and oxygen atoms in total. The Morgan fingerprint density at radius 2 is 0.775 bits per heavy atom. The maximum Gasteiger partial charge on any atom is 0.431 e. The van der Waals surface area contributed by atoms with E-state index in [1.54, 1.807) is 174 Å². The molecule has 0 saturated carbocycles. The topological polar surface area (TPSA) is 622 Å². The van der Waals surface area contributed by atoms with Gasteiger partial charge in [-0.25, -0.2) is 54.8 Å². The number of likely N-dealkylation sites (N-methyl/N-ethyl adjacent to an activating group) is 5. The summed E-state index contributed by atoms with van der Waals surface area (Å²) in [5, 5.41) is 48.2. The molecule has 18 rings (SSSR count). The van der Waals surface area contributed by atoms with Crippen LogP contribution in [0, 0.1) is 5.92 Å². The normalized spacial score (nSPS) is 23.8. The number of unbranched alkanes of at least 4 members (excludes halogenated alkanes) is 2. The minimum Gasteiger partial charge on any atom is -0.480 e. The second-order valence-electron chi connectivity index (χ2n) is 35.4. The molecule has 5 aromatic heterocycles. The standard InChI is InChI=1S/C19H30N8O5.2C16H24N8O3.C16H23N7O3.C16H25N7O3/c1-21-17(24-32-10-14(28)22-7-5-4-6-12(20)18(29)30)16-15-11(8-23-26(15)3)13-9-27(16)19(31)25(13)2;1-17-15(21-27-8-12(25)20-9-4-18-5-9)14-13-10(6-19-23(13)3)11-7-24(14)16(26)22(11)2;1-17-14(21-27-15(25)20-9-4-5-18-6-9)13-12-10(7-19-23(12)3)11-8-24(13)16(26)22(11)2;1-17-15(20-26-12(24)4-9-5-18-6-9)14-13-10(7-19-22(13)3)11-8-23(14)16(25)21(11)2;1-18-15(20-26-12(24)6-4-5-7-17)14-13-10(8-19-22(13)3)11-9-23(14)16(25)21(11)2/h8,12-13,16H,4-7,9-10,20H2,1-3H3,(H,21,24)(H,22,28)(H,29,30);6,9,11,14,18H,4-5,7-8H2,1-3H3,(H,17,21)(H,20,25);7,9,11,13,18H,4-6,8H2,1-3H3,(H,17,21)(H,20,25);7,9,11,14,18H,4-6,8H2,1-3H3,(H,17,20);8,11,14H,4-7,9,17H2,1-3H3,(H,18,20)/t12-,13-,16-;11-,14-;9-,11-,13-;2*11-,14-/m00000/s1. The first kappa shape index (κ1) is 100. The summed E-state index contributed by atoms with van der Waals surface area (Å²) in [6, 6.07) is -3.65. The fourth-order valence-electron chi connectivity index (χ4n) is 19.2. The van der Waals surface area contributed by atoms with Crippen molar-refractivity contribution in [2.45, 2.75) is 130 Å². The van der Waals surface area contributed by atoms with Gasteiger partial charge in [-0.1, -0.05) is 0 Å². The second-order valence-corrected chi connectivity index (χ2v) is 35.4. The Morgan fingerprint density at radius 3 is 1.09 bits per heavy atom. The number of aromatic nitrogens is 10. The monoisotopic (exact) mass is 1930 g/mol. The van der Waals surface area contributed by atoms with Gasteiger partial charge in [-0.15, -0.1) is 0 Å². The Bertz CT molecular complexity index is 5490. The van der Waals surface area contributed by atoms with E-state index >= 15 is 0 Å². The summed E-state index contributed by atoms with van der Waals surface area (Å²) in [7, 11) is 26.1. The number of nitrogens with two attached hydrogens (primary N) is 2. The molecule has 0 aliphatic carbocycles. The van der Waals surface area contributed by atoms with Gasteiger partial charge in [0.05, 0.1) is 102 Å². The van der Waals surface area contributed by atoms with E-state index in [1.807, 2.05) is 35.2 Å². The van der Waals surface area contributed by atoms with Crippen molar-refractivity contribution >= 4 is 95.1 Å². The number of fused-ring (bicyclic) bond motifs is 20. The average Bonchev–Trinajstić information content (AvgIpc) is 1.60. The number of nitrogens with zero attached hydrogens (tertiary/aromatic N) is 25. The molecule has 13 amide bonds. The number of carboxylic acid groups (broad SMARTS) is 1. The number of aliphatic imine (C=N–C) groups is 5. The number of amides is 13. The van der Waals surface area contributed by atoms with Gasteiger partial charge in [-0.3, -0.25) is 83.4 Å². The first-order chi connectivity index (χ1) is 66.3. The highest BCUT2D eigenvalue weighted by Gasteiger charge is 2.56. The zero-order valence-electron chi connectivity index (χ0n) is 80.0. The first-order valence-electron chi connectivity index (χ1n) is 45.6. The van der Waals surface area contributed by atoms with Crippen molar-refractivity contribution in [2.75, 3.05) is 169 Å². The summed E-state index contributed by atoms with van der Waals surface area (Å²) in [4.78, 5) is 199. The molecule has 0 unspecified atom stereocenters. The third-order valence-corrected chi connectivity index (χ3v) is 27.0. The van der Waals surface area contributed by atoms with Crippen molar-refractivity contribution in [1.29, 1.82) is 0 Å². The van der Waals surface area contributed by atoms with Gasteiger partial charge >= 0.3 is 54.2 Å². The van der Waals surface area contributed by atoms with E-state index in [1.165, 1.54) is 0 Å². The predicted molar refractivity (Wildman–Crippen MR) is 491 cm³/mol. The Morgan fingerprint density at radius 1 is 0.435 bits per heavy atom. The van der Waals surface area contributed by atoms with Crippen LogP contribution >= 0.6 is 0 Å². The fraction of sp³-hybridized carbons (Fsp3) is 0.627. The minimum atomic E-state index is -1.03. The van der Waals surface area contributed by atoms with E-state index in [0.29, 0.717) is 113 Å². The lowest BCUT2D eigenvalue weighted by atomic mass is 9.97. The molecule has 8 fully saturated rings. The van der Waals surface area contributed by atoms with Gasteiger partial charge in [0.2, 0.25) is 11.8 Å². The molecule has 13 aliphatic rings. The van der Waals surface area contributed by atoms with Crippen LogP contribution in [0.5, 0.6) is 0 Å². The summed E-state index contributed by atoms with van der Waals surface area (Å²) >= 11 is 0. The average molecular weight is 1930 g/mol. The molecule has 0 aromatic carbocycles. The summed E-state index contributed by atoms with van der Waals surface area (Å²) in [6.07, 6.45) is 12.8. The van der Waals surface area contributed by atoms with Crippen LogP contribution in [-0.2, 0) is 83.4 Å². The largest absolute Gasteiger partial charge is 0.480 e. The van der Waals surface area contributed by atoms with Crippen molar-refractivity contribution in [1.82, 2.24) is 157 Å². The molecule has 5 aromatic rings. The highest BCUT2D eigenvalue weighted by Crippen LogP contribution is 2.49. The molecule has 10 bridgehead atoms. The minimum absolute atomic E-state index is 0.0154. The highest BCUT2D eigenvalue weighted by molar-refractivity contribution is 5.98. The third-order valence-electron chi connectivity index (χ3n) is 27.0. The Labute approximate surface area is 794 Å². The number of aryl methyl sites for hydroxylation is 5. The number of hydrogen-bond acceptors (Lipinski definition) is 31. The van der Waals surface area contributed by atoms with Crippen LogP contribution in [0.4, 0.5) is 28.8 Å². The lowest BCUT2D eigenvalue weighted by molar-refractivity contribution is -0.150. The van der Waals surface area contributed by atoms with Crippen LogP contribution in [0.2, 0.25) is 0 Å². The van der Waals surface area contributed by atoms with E-state index in [9.17, 15) is 52.7 Å². The molecule has 0 spiro atoms. The molecule has 55 heteroatoms. The van der Waals surface area contributed by atoms with Gasteiger partial charge in [0.15, 0.2) is 30.7 Å². The number of carboxylic acids is 1. The molecule has 18 heterocycles. The number of hydrogen-bond donors (Lipinski definition) is 14. The van der Waals surface area contributed by atoms with Gasteiger partial charge in [-0.2, -0.15) is 25.5 Å². The fourth-order valence-corrected chi connectivity index (χ4v) is 19.2. The van der Waals surface area contributed by atoms with Gasteiger partial charge in [-0.05, 0) is 70.6 Å². The van der Waals surface area contributed by atoms with Crippen molar-refractivity contribution in [2.24, 2.45) is 77.6 Å². The lowest BCUT2D eigenvalue weighted by Gasteiger charge is -2.32. The molecular formula is C83H126N38O17. The molecule has 13 aliphatic heterocycles. The van der Waals surface area contributed by atoms with Crippen molar-refractivity contribution < 1.29 is 82.0 Å². The van der Waals surface area contributed by atoms with Gasteiger partial charge in [0.1, 0.15) is 47.9 Å². The van der Waals surface area contributed by atoms with Crippen LogP contribution < -0.4 is 70.8 Å². The van der Waals surface area contributed by atoms with Crippen LogP contribution in [0.25, 0.3) is 0 Å². The van der Waals surface area contributed by atoms with E-state index in [-0.39, 0.29) is 116 Å². The zero-order valence-corrected chi connectivity index (χ0v) is 80.0. The van der Waals surface area contributed by atoms with Crippen LogP contribution in [0.15, 0.2) is 55.9 Å². The van der Waals surface area contributed by atoms with E-state index in [0.717, 1.165) is 108 Å². The molecule has 0 radical (unpaired) electrons. The second kappa shape index (κ2) is 43.6. The van der Waals surface area contributed by atoms with Crippen molar-refractivity contribution in [3.05, 3.63) is 87.3 Å². The van der Waals surface area contributed by atoms with E-state index in [2.05, 4.69) is 110 Å². The van der Waals surface area contributed by atoms with Crippen molar-refractivity contribution in [3.8, 4) is 0 Å². The SMILES string of the molecule is CN=C(NOC(=O)CC1CNC1)[C@@H]1c2c(cnn2C)[C@@H]2CN1C(=O)N2C.CN=C(NOC(=O)CCCCN)[C@@H]1c2c(cnn2C)[C@@H]2CN1C(=O)N2C.CN=C(NOC(=O)N[C@H]1CCNC1)[C@@H]1c2c(cnn2C)[C@@H]2CN1C(=O)N2C.CN=C(NOCC(=O)NC1CNC1)[C@@H]1c2c(cnn2C)[C@@H]2CN1C(=O)N2C.CN=C(NOCC(=O)NCCCC[C@H](N)C(=O)O)[C@@H]1c2c(cnn2C)[C@@H]2CN1C(=O)N2C. The number of hydroxylamine groups is 5. The van der Waals surface area contributed by atoms with Gasteiger partial charge in [0.25, 0.3) is 0 Å². The van der Waals surface area contributed by atoms with Gasteiger partial charge < -0.3 is 112 Å². The van der Waals surface area contributed by atoms with Crippen LogP contribution in [0.3, 0.4) is 0 Å². The molecule has 8 saturated heterocycles. The number of urea groups is 5. The Hall–Kier alpha value is -13.9. The summed E-state index contributed by atoms with van der Waals surface area (Å²) in [6.45, 7) is 8.07. The number of aliphatic carboxylic acids is 1. The maximum atomic E-state index is 12.7. The number of carbonyl (C=O) groups excluding carboxylic acids is 10. The molecule has 750 valence electrons. The Balaban J connectivity index is 0.000000138. The number of rotatable bonds is 25. The van der Waals surface area contributed by atoms with E-state index < -0.39 is 48.3 Å². The predicted octanol–water partition coefficient (Wildman–Crippen LogP) is -3.19. The summed E-state index contributed by atoms with van der Waals surface area (Å²) in [5.41, 5.74) is 33.7. The van der Waals surface area contributed by atoms with Crippen molar-refractivity contribution in [3.63, 3.8) is 0 Å². The number of amidine groups is 5. The molecule has 138 heavy (non-hydrogen) atoms. The zero-order chi connectivity index (χ0) is 98.9. The highest BCUT2D eigenvalue weighted by atomic mass is 16.7. The smallest absolute Gasteiger partial charge is 0.431 e. The maximum absolute atomic E-state index is 12.7. The lowest BCUT2D eigenvalue weighted by Crippen LogP contribution is -2.57. The number of carbonyl (C=O) groups is 11. The molecule has 16 N–H and O–H groups in total. The quantitative estimate of drug-likeness (QED) is 0.00900. The molecule has 12 atom stereocenters. The van der Waals surface area contributed by atoms with Gasteiger partial charge in [0, 0.05) is 205 Å². The summed E-state index contributed by atoms with van der Waals surface area (Å²) < 4.78 is 8.71. The number of nitrogens with one attached hydrogen (secondary N) is 11. The van der Waals surface area contributed by atoms with Crippen LogP contribution in [-0.4, -0.2) is 385 Å². The van der Waals surface area contributed by atoms with E-state index in [4.69, 9.17) is 40.8 Å². The summed E-state index contributed by atoms with van der Waals surface area (Å²) in [5.74, 6) is 0.0685.